The van der Waals surface area contributed by atoms with Gasteiger partial charge in [0.2, 0.25) is 0 Å². The number of carbonyl (C=O) groups is 1. The van der Waals surface area contributed by atoms with Crippen LogP contribution in [0.4, 0.5) is 4.79 Å². The first-order valence-electron chi connectivity index (χ1n) is 7.72. The Bertz CT molecular complexity index is 642. The van der Waals surface area contributed by atoms with E-state index in [1.54, 1.807) is 18.2 Å². The van der Waals surface area contributed by atoms with Gasteiger partial charge in [-0.1, -0.05) is 51.2 Å². The summed E-state index contributed by atoms with van der Waals surface area (Å²) in [6.45, 7) is 2.80. The van der Waals surface area contributed by atoms with Gasteiger partial charge in [0, 0.05) is 6.54 Å². The van der Waals surface area contributed by atoms with Gasteiger partial charge in [-0.05, 0) is 18.6 Å². The lowest BCUT2D eigenvalue weighted by Gasteiger charge is -2.04. The number of nitrogens with zero attached hydrogens (tertiary/aromatic N) is 1. The molecule has 0 radical (unpaired) electrons. The maximum Gasteiger partial charge on any atom is 0.343 e. The van der Waals surface area contributed by atoms with E-state index in [-0.39, 0.29) is 11.6 Å². The molecule has 0 saturated heterocycles. The Labute approximate surface area is 124 Å². The number of H-pyrrole nitrogens is 1. The summed E-state index contributed by atoms with van der Waals surface area (Å²) >= 11 is 0. The first kappa shape index (κ1) is 15.4. The summed E-state index contributed by atoms with van der Waals surface area (Å²) in [5, 5.41) is 6.14. The van der Waals surface area contributed by atoms with Crippen LogP contribution in [-0.2, 0) is 0 Å². The highest BCUT2D eigenvalue weighted by molar-refractivity contribution is 5.84. The highest BCUT2D eigenvalue weighted by Crippen LogP contribution is 2.06. The lowest BCUT2D eigenvalue weighted by Crippen LogP contribution is -2.35. The number of amides is 1. The van der Waals surface area contributed by atoms with E-state index in [4.69, 9.17) is 0 Å². The van der Waals surface area contributed by atoms with Crippen molar-refractivity contribution in [3.05, 3.63) is 34.6 Å². The molecule has 2 aromatic rings. The molecular formula is C16H23N3O2. The number of benzene rings is 1. The van der Waals surface area contributed by atoms with Crippen LogP contribution in [0.2, 0.25) is 0 Å². The van der Waals surface area contributed by atoms with E-state index in [1.165, 1.54) is 25.7 Å². The quantitative estimate of drug-likeness (QED) is 0.768. The summed E-state index contributed by atoms with van der Waals surface area (Å²) in [7, 11) is 0. The zero-order chi connectivity index (χ0) is 15.1. The van der Waals surface area contributed by atoms with Gasteiger partial charge in [-0.15, -0.1) is 0 Å². The molecule has 1 amide bonds. The van der Waals surface area contributed by atoms with Crippen LogP contribution in [-0.4, -0.2) is 22.4 Å². The third-order valence-corrected chi connectivity index (χ3v) is 3.60. The van der Waals surface area contributed by atoms with Crippen LogP contribution in [0.15, 0.2) is 29.1 Å². The van der Waals surface area contributed by atoms with Crippen molar-refractivity contribution in [1.29, 1.82) is 0 Å². The van der Waals surface area contributed by atoms with Gasteiger partial charge >= 0.3 is 6.03 Å². The van der Waals surface area contributed by atoms with Gasteiger partial charge in [-0.3, -0.25) is 9.89 Å². The molecule has 0 aliphatic carbocycles. The molecule has 1 aromatic carbocycles. The topological polar surface area (TPSA) is 66.9 Å². The van der Waals surface area contributed by atoms with Gasteiger partial charge in [0.25, 0.3) is 5.56 Å². The first-order valence-corrected chi connectivity index (χ1v) is 7.72. The van der Waals surface area contributed by atoms with Crippen molar-refractivity contribution in [2.75, 3.05) is 6.54 Å². The minimum absolute atomic E-state index is 0.300. The fourth-order valence-corrected chi connectivity index (χ4v) is 2.38. The van der Waals surface area contributed by atoms with Crippen LogP contribution in [0.5, 0.6) is 0 Å². The molecule has 0 aliphatic rings. The second-order valence-corrected chi connectivity index (χ2v) is 5.30. The Kier molecular flexibility index (Phi) is 5.60. The average molecular weight is 289 g/mol. The van der Waals surface area contributed by atoms with Crippen LogP contribution < -0.4 is 10.9 Å². The summed E-state index contributed by atoms with van der Waals surface area (Å²) in [6.07, 6.45) is 7.03. The molecule has 1 heterocycles. The molecule has 0 spiro atoms. The molecule has 0 aliphatic heterocycles. The van der Waals surface area contributed by atoms with Gasteiger partial charge in [-0.2, -0.15) is 4.68 Å². The third kappa shape index (κ3) is 3.97. The number of carbonyl (C=O) groups excluding carboxylic acids is 1. The van der Waals surface area contributed by atoms with Gasteiger partial charge in [0.1, 0.15) is 0 Å². The molecule has 5 nitrogen and oxygen atoms in total. The fourth-order valence-electron chi connectivity index (χ4n) is 2.38. The van der Waals surface area contributed by atoms with Crippen LogP contribution >= 0.6 is 0 Å². The molecule has 0 unspecified atom stereocenters. The van der Waals surface area contributed by atoms with Crippen molar-refractivity contribution in [3.63, 3.8) is 0 Å². The Morgan fingerprint density at radius 1 is 1.14 bits per heavy atom. The minimum Gasteiger partial charge on any atom is -0.336 e. The molecule has 1 aromatic heterocycles. The Morgan fingerprint density at radius 2 is 1.86 bits per heavy atom. The second kappa shape index (κ2) is 7.67. The second-order valence-electron chi connectivity index (χ2n) is 5.30. The van der Waals surface area contributed by atoms with Crippen molar-refractivity contribution in [2.45, 2.75) is 45.4 Å². The maximum atomic E-state index is 12.0. The number of aromatic amines is 1. The number of hydrogen-bond donors (Lipinski definition) is 2. The van der Waals surface area contributed by atoms with E-state index < -0.39 is 0 Å². The average Bonchev–Trinajstić information content (AvgIpc) is 2.84. The molecule has 0 fully saturated rings. The summed E-state index contributed by atoms with van der Waals surface area (Å²) in [6, 6.07) is 6.73. The zero-order valence-corrected chi connectivity index (χ0v) is 12.5. The van der Waals surface area contributed by atoms with E-state index >= 15 is 0 Å². The Hall–Kier alpha value is -2.04. The number of hydrogen-bond acceptors (Lipinski definition) is 2. The van der Waals surface area contributed by atoms with Crippen molar-refractivity contribution in [2.24, 2.45) is 0 Å². The largest absolute Gasteiger partial charge is 0.343 e. The predicted molar refractivity (Wildman–Crippen MR) is 84.7 cm³/mol. The molecule has 2 rings (SSSR count). The summed E-state index contributed by atoms with van der Waals surface area (Å²) in [5.41, 5.74) is 0.378. The molecule has 0 saturated carbocycles. The molecule has 114 valence electrons. The standard InChI is InChI=1S/C16H23N3O2/c1-2-3-4-5-6-9-12-17-16(21)19-15(20)13-10-7-8-11-14(13)18-19/h7-8,10-11,18H,2-6,9,12H2,1H3,(H,17,21). The minimum atomic E-state index is -0.384. The van der Waals surface area contributed by atoms with Crippen LogP contribution in [0.3, 0.4) is 0 Å². The number of unbranched alkanes of at least 4 members (excludes halogenated alkanes) is 5. The zero-order valence-electron chi connectivity index (χ0n) is 12.5. The van der Waals surface area contributed by atoms with Crippen molar-refractivity contribution >= 4 is 16.9 Å². The van der Waals surface area contributed by atoms with Crippen LogP contribution in [0, 0.1) is 0 Å². The molecule has 0 bridgehead atoms. The smallest absolute Gasteiger partial charge is 0.336 e. The van der Waals surface area contributed by atoms with Gasteiger partial charge in [-0.25, -0.2) is 4.79 Å². The van der Waals surface area contributed by atoms with Crippen LogP contribution in [0.25, 0.3) is 10.9 Å². The number of aromatic nitrogens is 2. The maximum absolute atomic E-state index is 12.0. The van der Waals surface area contributed by atoms with Gasteiger partial charge in [0.15, 0.2) is 0 Å². The first-order chi connectivity index (χ1) is 10.2. The van der Waals surface area contributed by atoms with Crippen molar-refractivity contribution in [3.8, 4) is 0 Å². The van der Waals surface area contributed by atoms with Gasteiger partial charge in [0.05, 0.1) is 10.9 Å². The number of fused-ring (bicyclic) bond motifs is 1. The number of rotatable bonds is 7. The summed E-state index contributed by atoms with van der Waals surface area (Å²) < 4.78 is 1.04. The van der Waals surface area contributed by atoms with E-state index in [1.807, 2.05) is 6.07 Å². The number of para-hydroxylation sites is 1. The molecule has 5 heteroatoms. The molecular weight excluding hydrogens is 266 g/mol. The lowest BCUT2D eigenvalue weighted by atomic mass is 10.1. The highest BCUT2D eigenvalue weighted by atomic mass is 16.2. The summed E-state index contributed by atoms with van der Waals surface area (Å²) in [4.78, 5) is 24.0. The molecule has 21 heavy (non-hydrogen) atoms. The highest BCUT2D eigenvalue weighted by Gasteiger charge is 2.11. The van der Waals surface area contributed by atoms with Gasteiger partial charge < -0.3 is 5.32 Å². The van der Waals surface area contributed by atoms with E-state index in [0.717, 1.165) is 17.5 Å². The Morgan fingerprint density at radius 3 is 2.62 bits per heavy atom. The Balaban J connectivity index is 1.83. The fraction of sp³-hybridized carbons (Fsp3) is 0.500. The van der Waals surface area contributed by atoms with E-state index in [9.17, 15) is 9.59 Å². The van der Waals surface area contributed by atoms with E-state index in [2.05, 4.69) is 17.3 Å². The van der Waals surface area contributed by atoms with Crippen molar-refractivity contribution in [1.82, 2.24) is 15.1 Å². The van der Waals surface area contributed by atoms with Crippen molar-refractivity contribution < 1.29 is 4.79 Å². The molecule has 0 atom stereocenters. The van der Waals surface area contributed by atoms with E-state index in [0.29, 0.717) is 17.4 Å². The summed E-state index contributed by atoms with van der Waals surface area (Å²) in [5.74, 6) is 0. The molecule has 2 N–H and O–H groups in total. The monoisotopic (exact) mass is 289 g/mol. The lowest BCUT2D eigenvalue weighted by molar-refractivity contribution is 0.239. The number of nitrogens with one attached hydrogen (secondary N) is 2. The third-order valence-electron chi connectivity index (χ3n) is 3.60. The predicted octanol–water partition coefficient (Wildman–Crippen LogP) is 3.25. The SMILES string of the molecule is CCCCCCCCNC(=O)n1[nH]c2ccccc2c1=O. The van der Waals surface area contributed by atoms with Crippen LogP contribution in [0.1, 0.15) is 45.4 Å². The normalized spacial score (nSPS) is 10.9.